The zero-order chi connectivity index (χ0) is 29.7. The van der Waals surface area contributed by atoms with Gasteiger partial charge in [0.15, 0.2) is 17.1 Å². The third-order valence-corrected chi connectivity index (χ3v) is 8.74. The third kappa shape index (κ3) is 3.49. The van der Waals surface area contributed by atoms with E-state index in [4.69, 9.17) is 20.8 Å². The van der Waals surface area contributed by atoms with Crippen LogP contribution in [0.2, 0.25) is 5.02 Å². The van der Waals surface area contributed by atoms with Crippen molar-refractivity contribution in [2.24, 2.45) is 7.05 Å². The number of Topliss-reactive ketones (excluding diaryl/α,β-unsaturated/α-hetero) is 2. The Morgan fingerprint density at radius 2 is 1.76 bits per heavy atom. The summed E-state index contributed by atoms with van der Waals surface area (Å²) in [7, 11) is 2.75. The van der Waals surface area contributed by atoms with Crippen LogP contribution in [0.1, 0.15) is 87.3 Å². The normalized spacial score (nSPS) is 21.5. The van der Waals surface area contributed by atoms with E-state index in [-0.39, 0.29) is 69.2 Å². The van der Waals surface area contributed by atoms with E-state index >= 15 is 0 Å². The molecule has 0 saturated carbocycles. The summed E-state index contributed by atoms with van der Waals surface area (Å²) in [5.41, 5.74) is -2.58. The van der Waals surface area contributed by atoms with E-state index in [9.17, 15) is 39.6 Å². The molecule has 2 aromatic heterocycles. The molecule has 12 heteroatoms. The van der Waals surface area contributed by atoms with Crippen molar-refractivity contribution < 1.29 is 39.2 Å². The molecule has 0 spiro atoms. The maximum absolute atomic E-state index is 14.1. The van der Waals surface area contributed by atoms with Crippen LogP contribution >= 0.6 is 11.6 Å². The molecule has 3 aliphatic rings. The van der Waals surface area contributed by atoms with Gasteiger partial charge in [0.05, 0.1) is 29.4 Å². The Morgan fingerprint density at radius 3 is 2.41 bits per heavy atom. The number of rotatable bonds is 3. The fourth-order valence-corrected chi connectivity index (χ4v) is 6.79. The quantitative estimate of drug-likeness (QED) is 0.358. The van der Waals surface area contributed by atoms with Crippen molar-refractivity contribution >= 4 is 39.7 Å². The predicted molar refractivity (Wildman–Crippen MR) is 146 cm³/mol. The molecule has 3 unspecified atom stereocenters. The maximum atomic E-state index is 14.1. The predicted octanol–water partition coefficient (Wildman–Crippen LogP) is 2.42. The number of phenols is 1. The summed E-state index contributed by atoms with van der Waals surface area (Å²) in [6.45, 7) is 1.89. The van der Waals surface area contributed by atoms with Crippen LogP contribution in [-0.4, -0.2) is 49.8 Å². The van der Waals surface area contributed by atoms with Crippen molar-refractivity contribution in [3.05, 3.63) is 70.4 Å². The number of ether oxygens (including phenoxy) is 1. The van der Waals surface area contributed by atoms with Gasteiger partial charge in [-0.3, -0.25) is 19.2 Å². The zero-order valence-electron chi connectivity index (χ0n) is 22.3. The number of methoxy groups -OCH3 is 1. The molecule has 0 amide bonds. The summed E-state index contributed by atoms with van der Waals surface area (Å²) in [5, 5.41) is 42.4. The number of aliphatic hydroxyl groups excluding tert-OH is 3. The highest BCUT2D eigenvalue weighted by Gasteiger charge is 2.44. The van der Waals surface area contributed by atoms with Gasteiger partial charge in [-0.1, -0.05) is 24.9 Å². The van der Waals surface area contributed by atoms with E-state index in [1.54, 1.807) is 0 Å². The fraction of sp³-hybridized carbons (Fsp3) is 0.379. The van der Waals surface area contributed by atoms with Gasteiger partial charge in [0.2, 0.25) is 11.2 Å². The number of hydrogen-bond donors (Lipinski definition) is 4. The van der Waals surface area contributed by atoms with Crippen molar-refractivity contribution in [3.63, 3.8) is 0 Å². The number of halogens is 1. The van der Waals surface area contributed by atoms with E-state index in [1.807, 2.05) is 6.92 Å². The highest BCUT2D eigenvalue weighted by molar-refractivity contribution is 6.45. The maximum Gasteiger partial charge on any atom is 0.262 e. The average molecular weight is 584 g/mol. The largest absolute Gasteiger partial charge is 0.506 e. The smallest absolute Gasteiger partial charge is 0.262 e. The summed E-state index contributed by atoms with van der Waals surface area (Å²) >= 11 is 6.61. The highest BCUT2D eigenvalue weighted by atomic mass is 35.5. The number of aliphatic hydroxyl groups is 3. The van der Waals surface area contributed by atoms with Crippen LogP contribution in [0.25, 0.3) is 16.5 Å². The number of phenolic OH excluding ortho intramolecular Hbond substituents is 1. The number of aromatic hydroxyl groups is 1. The number of carbonyl (C=O) groups is 2. The first-order valence-corrected chi connectivity index (χ1v) is 13.5. The SMILES string of the molecule is CCCc1c(Cl)c2c(c(=O)n1C)C(=O)C1=C(CCc3c1c(O)c1c(=O)c4c(oc1c3OC)C(O)CC(O)C4O)C2=O. The lowest BCUT2D eigenvalue weighted by atomic mass is 9.73. The van der Waals surface area contributed by atoms with Crippen LogP contribution in [-0.2, 0) is 19.9 Å². The third-order valence-electron chi connectivity index (χ3n) is 8.33. The number of fused-ring (bicyclic) bond motifs is 5. The molecular formula is C29H26ClNO10. The molecule has 1 aromatic carbocycles. The number of carbonyl (C=O) groups excluding carboxylic acids is 2. The lowest BCUT2D eigenvalue weighted by Gasteiger charge is -2.31. The molecule has 4 N–H and O–H groups in total. The fourth-order valence-electron chi connectivity index (χ4n) is 6.38. The van der Waals surface area contributed by atoms with Gasteiger partial charge in [-0.15, -0.1) is 0 Å². The van der Waals surface area contributed by atoms with Crippen LogP contribution in [0.3, 0.4) is 0 Å². The molecule has 214 valence electrons. The number of pyridine rings is 1. The lowest BCUT2D eigenvalue weighted by Crippen LogP contribution is -2.36. The average Bonchev–Trinajstić information content (AvgIpc) is 2.94. The van der Waals surface area contributed by atoms with Crippen LogP contribution in [0.15, 0.2) is 19.6 Å². The van der Waals surface area contributed by atoms with Gasteiger partial charge in [-0.25, -0.2) is 0 Å². The van der Waals surface area contributed by atoms with Gasteiger partial charge in [-0.05, 0) is 19.3 Å². The van der Waals surface area contributed by atoms with Crippen molar-refractivity contribution in [1.29, 1.82) is 0 Å². The molecule has 0 radical (unpaired) electrons. The molecule has 2 heterocycles. The molecule has 0 saturated heterocycles. The van der Waals surface area contributed by atoms with Gasteiger partial charge >= 0.3 is 0 Å². The number of nitrogens with zero attached hydrogens (tertiary/aromatic N) is 1. The Hall–Kier alpha value is -3.77. The Labute approximate surface area is 236 Å². The molecule has 0 aliphatic heterocycles. The number of allylic oxidation sites excluding steroid dienone is 2. The minimum atomic E-state index is -1.71. The molecule has 0 fully saturated rings. The summed E-state index contributed by atoms with van der Waals surface area (Å²) in [4.78, 5) is 55.0. The van der Waals surface area contributed by atoms with Crippen molar-refractivity contribution in [1.82, 2.24) is 4.57 Å². The minimum Gasteiger partial charge on any atom is -0.506 e. The van der Waals surface area contributed by atoms with E-state index in [0.717, 1.165) is 0 Å². The number of aromatic nitrogens is 1. The van der Waals surface area contributed by atoms with E-state index in [1.165, 1.54) is 18.7 Å². The first kappa shape index (κ1) is 27.4. The van der Waals surface area contributed by atoms with Gasteiger partial charge < -0.3 is 34.1 Å². The summed E-state index contributed by atoms with van der Waals surface area (Å²) in [5.74, 6) is -2.43. The molecular weight excluding hydrogens is 558 g/mol. The van der Waals surface area contributed by atoms with Crippen LogP contribution in [0.4, 0.5) is 0 Å². The first-order chi connectivity index (χ1) is 19.5. The minimum absolute atomic E-state index is 0.0117. The second-order valence-corrected chi connectivity index (χ2v) is 10.9. The summed E-state index contributed by atoms with van der Waals surface area (Å²) in [6, 6.07) is 0. The molecule has 11 nitrogen and oxygen atoms in total. The van der Waals surface area contributed by atoms with Crippen molar-refractivity contribution in [2.45, 2.75) is 57.3 Å². The molecule has 6 rings (SSSR count). The van der Waals surface area contributed by atoms with Crippen molar-refractivity contribution in [3.8, 4) is 11.5 Å². The van der Waals surface area contributed by atoms with Crippen LogP contribution in [0, 0.1) is 0 Å². The molecule has 41 heavy (non-hydrogen) atoms. The molecule has 3 atom stereocenters. The topological polar surface area (TPSA) is 176 Å². The standard InChI is InChI=1S/C29H26ClNO10/c1-4-5-11-20(30)16-17(29(39)31(11)2)23(36)14-9(21(16)34)6-7-10-15(14)24(37)19-25(38)18-22(35)12(32)8-13(33)27(18)41-28(19)26(10)40-3/h12-13,22,32-33,35,37H,4-8H2,1-3H3. The molecule has 3 aliphatic carbocycles. The van der Waals surface area contributed by atoms with E-state index < -0.39 is 63.1 Å². The van der Waals surface area contributed by atoms with Gasteiger partial charge in [0, 0.05) is 41.4 Å². The second kappa shape index (κ2) is 9.38. The number of hydrogen-bond acceptors (Lipinski definition) is 10. The Bertz CT molecular complexity index is 1880. The monoisotopic (exact) mass is 583 g/mol. The van der Waals surface area contributed by atoms with Gasteiger partial charge in [0.1, 0.15) is 34.7 Å². The zero-order valence-corrected chi connectivity index (χ0v) is 23.1. The highest BCUT2D eigenvalue weighted by Crippen LogP contribution is 2.51. The van der Waals surface area contributed by atoms with Crippen molar-refractivity contribution in [2.75, 3.05) is 7.11 Å². The second-order valence-electron chi connectivity index (χ2n) is 10.5. The van der Waals surface area contributed by atoms with Gasteiger partial charge in [0.25, 0.3) is 5.56 Å². The summed E-state index contributed by atoms with van der Waals surface area (Å²) in [6.07, 6.45) is -3.68. The molecule has 3 aromatic rings. The van der Waals surface area contributed by atoms with E-state index in [2.05, 4.69) is 0 Å². The lowest BCUT2D eigenvalue weighted by molar-refractivity contribution is -0.0373. The first-order valence-electron chi connectivity index (χ1n) is 13.2. The number of ketones is 2. The Morgan fingerprint density at radius 1 is 1.05 bits per heavy atom. The van der Waals surface area contributed by atoms with E-state index in [0.29, 0.717) is 18.5 Å². The van der Waals surface area contributed by atoms with Crippen LogP contribution < -0.4 is 15.7 Å². The van der Waals surface area contributed by atoms with Crippen LogP contribution in [0.5, 0.6) is 11.5 Å². The number of benzene rings is 1. The van der Waals surface area contributed by atoms with Gasteiger partial charge in [-0.2, -0.15) is 0 Å². The Kier molecular flexibility index (Phi) is 6.27. The summed E-state index contributed by atoms with van der Waals surface area (Å²) < 4.78 is 12.7. The Balaban J connectivity index is 1.70. The molecule has 0 bridgehead atoms.